The monoisotopic (exact) mass is 420 g/mol. The Morgan fingerprint density at radius 3 is 2.82 bits per heavy atom. The highest BCUT2D eigenvalue weighted by Gasteiger charge is 2.25. The number of carbonyl (C=O) groups is 1. The average molecular weight is 421 g/mol. The van der Waals surface area contributed by atoms with Crippen molar-refractivity contribution in [3.05, 3.63) is 17.6 Å². The van der Waals surface area contributed by atoms with Gasteiger partial charge in [0.25, 0.3) is 0 Å². The largest absolute Gasteiger partial charge is 0.356 e. The van der Waals surface area contributed by atoms with E-state index in [1.165, 1.54) is 49.1 Å². The number of unbranched alkanes of at least 4 members (excludes halogenated alkanes) is 1. The summed E-state index contributed by atoms with van der Waals surface area (Å²) in [6, 6.07) is 0.322. The molecule has 2 fully saturated rings. The molecule has 3 aliphatic rings. The van der Waals surface area contributed by atoms with Gasteiger partial charge in [0.15, 0.2) is 0 Å². The van der Waals surface area contributed by atoms with Gasteiger partial charge in [0, 0.05) is 47.8 Å². The minimum Gasteiger partial charge on any atom is -0.356 e. The second-order valence-electron chi connectivity index (χ2n) is 8.23. The molecule has 154 valence electrons. The highest BCUT2D eigenvalue weighted by atomic mass is 33.1. The molecular formula is C21H32N4OS2. The summed E-state index contributed by atoms with van der Waals surface area (Å²) in [6.07, 6.45) is 14.0. The van der Waals surface area contributed by atoms with Crippen LogP contribution in [0.3, 0.4) is 0 Å². The van der Waals surface area contributed by atoms with Crippen LogP contribution >= 0.6 is 21.6 Å². The van der Waals surface area contributed by atoms with E-state index in [9.17, 15) is 4.79 Å². The molecule has 2 aliphatic heterocycles. The third kappa shape index (κ3) is 5.35. The molecule has 1 N–H and O–H groups in total. The van der Waals surface area contributed by atoms with Crippen LogP contribution in [0.15, 0.2) is 6.33 Å². The highest BCUT2D eigenvalue weighted by Crippen LogP contribution is 2.39. The first-order valence-corrected chi connectivity index (χ1v) is 13.3. The molecule has 5 nitrogen and oxygen atoms in total. The van der Waals surface area contributed by atoms with Crippen molar-refractivity contribution in [2.75, 3.05) is 23.7 Å². The van der Waals surface area contributed by atoms with E-state index in [0.29, 0.717) is 12.5 Å². The summed E-state index contributed by atoms with van der Waals surface area (Å²) in [5.41, 5.74) is 2.62. The number of fused-ring (bicyclic) bond motifs is 1. The van der Waals surface area contributed by atoms with Gasteiger partial charge in [-0.2, -0.15) is 0 Å². The number of nitrogens with zero attached hydrogens (tertiary/aromatic N) is 3. The van der Waals surface area contributed by atoms with E-state index >= 15 is 0 Å². The molecule has 1 atom stereocenters. The normalized spacial score (nSPS) is 22.9. The van der Waals surface area contributed by atoms with Gasteiger partial charge in [-0.15, -0.1) is 0 Å². The predicted molar refractivity (Wildman–Crippen MR) is 119 cm³/mol. The Morgan fingerprint density at radius 1 is 1.14 bits per heavy atom. The molecule has 0 aromatic carbocycles. The van der Waals surface area contributed by atoms with Gasteiger partial charge in [0.05, 0.1) is 0 Å². The number of hydrogen-bond donors (Lipinski definition) is 1. The standard InChI is InChI=1S/C21H32N4OS2/c26-20(8-4-1-5-17-11-14-27-28-17)24-16-9-12-25(13-10-16)21-18-6-2-3-7-19(18)22-15-23-21/h15-17H,1-14H2,(H,24,26)/t17-/m0/s1. The van der Waals surface area contributed by atoms with Gasteiger partial charge >= 0.3 is 0 Å². The van der Waals surface area contributed by atoms with Gasteiger partial charge in [-0.25, -0.2) is 9.97 Å². The zero-order valence-corrected chi connectivity index (χ0v) is 18.3. The molecular weight excluding hydrogens is 388 g/mol. The number of anilines is 1. The lowest BCUT2D eigenvalue weighted by Crippen LogP contribution is -2.45. The van der Waals surface area contributed by atoms with Crippen LogP contribution in [0.4, 0.5) is 5.82 Å². The van der Waals surface area contributed by atoms with Crippen molar-refractivity contribution in [3.63, 3.8) is 0 Å². The SMILES string of the molecule is O=C(CCCC[C@H]1CCSS1)NC1CCN(c2ncnc3c2CCCC3)CC1. The number of piperidine rings is 1. The molecule has 0 radical (unpaired) electrons. The van der Waals surface area contributed by atoms with Crippen molar-refractivity contribution in [3.8, 4) is 0 Å². The smallest absolute Gasteiger partial charge is 0.220 e. The number of aryl methyl sites for hydroxylation is 1. The molecule has 1 aromatic heterocycles. The Balaban J connectivity index is 1.18. The van der Waals surface area contributed by atoms with Crippen LogP contribution < -0.4 is 10.2 Å². The van der Waals surface area contributed by atoms with Gasteiger partial charge in [-0.1, -0.05) is 28.0 Å². The molecule has 7 heteroatoms. The molecule has 0 spiro atoms. The van der Waals surface area contributed by atoms with Crippen molar-refractivity contribution < 1.29 is 4.79 Å². The molecule has 0 bridgehead atoms. The average Bonchev–Trinajstić information content (AvgIpc) is 3.25. The highest BCUT2D eigenvalue weighted by molar-refractivity contribution is 8.77. The summed E-state index contributed by atoms with van der Waals surface area (Å²) in [5, 5.41) is 4.10. The summed E-state index contributed by atoms with van der Waals surface area (Å²) in [6.45, 7) is 1.95. The summed E-state index contributed by atoms with van der Waals surface area (Å²) in [4.78, 5) is 23.8. The molecule has 0 saturated carbocycles. The summed E-state index contributed by atoms with van der Waals surface area (Å²) in [5.74, 6) is 2.69. The zero-order valence-electron chi connectivity index (χ0n) is 16.7. The molecule has 2 saturated heterocycles. The van der Waals surface area contributed by atoms with Crippen molar-refractivity contribution in [1.29, 1.82) is 0 Å². The van der Waals surface area contributed by atoms with E-state index in [2.05, 4.69) is 20.2 Å². The molecule has 1 amide bonds. The fraction of sp³-hybridized carbons (Fsp3) is 0.762. The van der Waals surface area contributed by atoms with Crippen molar-refractivity contribution in [2.45, 2.75) is 81.9 Å². The Hall–Kier alpha value is -0.950. The van der Waals surface area contributed by atoms with Crippen LogP contribution in [-0.4, -0.2) is 46.0 Å². The predicted octanol–water partition coefficient (Wildman–Crippen LogP) is 4.15. The number of rotatable bonds is 7. The van der Waals surface area contributed by atoms with Crippen molar-refractivity contribution in [2.24, 2.45) is 0 Å². The molecule has 4 rings (SSSR count). The fourth-order valence-electron chi connectivity index (χ4n) is 4.53. The summed E-state index contributed by atoms with van der Waals surface area (Å²) in [7, 11) is 4.04. The van der Waals surface area contributed by atoms with Crippen LogP contribution in [-0.2, 0) is 17.6 Å². The van der Waals surface area contributed by atoms with E-state index in [1.807, 2.05) is 21.6 Å². The van der Waals surface area contributed by atoms with Crippen molar-refractivity contribution in [1.82, 2.24) is 15.3 Å². The van der Waals surface area contributed by atoms with E-state index in [-0.39, 0.29) is 5.91 Å². The third-order valence-electron chi connectivity index (χ3n) is 6.17. The number of amides is 1. The van der Waals surface area contributed by atoms with E-state index < -0.39 is 0 Å². The molecule has 1 aliphatic carbocycles. The minimum absolute atomic E-state index is 0.242. The topological polar surface area (TPSA) is 58.1 Å². The second kappa shape index (κ2) is 10.2. The summed E-state index contributed by atoms with van der Waals surface area (Å²) < 4.78 is 0. The second-order valence-corrected chi connectivity index (χ2v) is 11.0. The quantitative estimate of drug-likeness (QED) is 0.528. The van der Waals surface area contributed by atoms with Crippen LogP contribution in [0.25, 0.3) is 0 Å². The molecule has 0 unspecified atom stereocenters. The lowest BCUT2D eigenvalue weighted by molar-refractivity contribution is -0.122. The van der Waals surface area contributed by atoms with E-state index in [4.69, 9.17) is 0 Å². The van der Waals surface area contributed by atoms with Crippen LogP contribution in [0.1, 0.15) is 69.0 Å². The number of nitrogens with one attached hydrogen (secondary N) is 1. The van der Waals surface area contributed by atoms with Crippen molar-refractivity contribution >= 4 is 33.3 Å². The lowest BCUT2D eigenvalue weighted by Gasteiger charge is -2.35. The first kappa shape index (κ1) is 20.3. The number of carbonyl (C=O) groups excluding carboxylic acids is 1. The van der Waals surface area contributed by atoms with Crippen LogP contribution in [0.2, 0.25) is 0 Å². The third-order valence-corrected chi connectivity index (χ3v) is 9.18. The Bertz CT molecular complexity index is 658. The van der Waals surface area contributed by atoms with E-state index in [0.717, 1.165) is 56.3 Å². The van der Waals surface area contributed by atoms with Gasteiger partial charge in [-0.3, -0.25) is 4.79 Å². The van der Waals surface area contributed by atoms with Gasteiger partial charge in [-0.05, 0) is 57.8 Å². The Labute approximate surface area is 176 Å². The van der Waals surface area contributed by atoms with Crippen LogP contribution in [0, 0.1) is 0 Å². The Kier molecular flexibility index (Phi) is 7.40. The first-order chi connectivity index (χ1) is 13.8. The number of aromatic nitrogens is 2. The minimum atomic E-state index is 0.242. The molecule has 28 heavy (non-hydrogen) atoms. The molecule has 3 heterocycles. The lowest BCUT2D eigenvalue weighted by atomic mass is 9.95. The summed E-state index contributed by atoms with van der Waals surface area (Å²) >= 11 is 0. The Morgan fingerprint density at radius 2 is 2.00 bits per heavy atom. The maximum atomic E-state index is 12.3. The first-order valence-electron chi connectivity index (χ1n) is 10.9. The van der Waals surface area contributed by atoms with E-state index in [1.54, 1.807) is 6.33 Å². The maximum Gasteiger partial charge on any atom is 0.220 e. The fourth-order valence-corrected chi connectivity index (χ4v) is 7.56. The maximum absolute atomic E-state index is 12.3. The zero-order chi connectivity index (χ0) is 19.2. The number of hydrogen-bond acceptors (Lipinski definition) is 6. The van der Waals surface area contributed by atoms with Gasteiger partial charge in [0.2, 0.25) is 5.91 Å². The van der Waals surface area contributed by atoms with Crippen LogP contribution in [0.5, 0.6) is 0 Å². The van der Waals surface area contributed by atoms with Gasteiger partial charge < -0.3 is 10.2 Å². The van der Waals surface area contributed by atoms with Gasteiger partial charge in [0.1, 0.15) is 12.1 Å². The molecule has 1 aromatic rings.